The molecule has 2 aliphatic heterocycles. The maximum Gasteiger partial charge on any atom is 0.231 e. The minimum atomic E-state index is -0.378. The van der Waals surface area contributed by atoms with Gasteiger partial charge in [0, 0.05) is 44.6 Å². The van der Waals surface area contributed by atoms with Crippen LogP contribution in [0.25, 0.3) is 0 Å². The number of carbonyl (C=O) groups is 2. The Bertz CT molecular complexity index is 744. The van der Waals surface area contributed by atoms with Crippen molar-refractivity contribution in [3.63, 3.8) is 0 Å². The Morgan fingerprint density at radius 1 is 1.07 bits per heavy atom. The maximum atomic E-state index is 13.3. The van der Waals surface area contributed by atoms with E-state index in [1.54, 1.807) is 0 Å². The molecule has 0 aliphatic carbocycles. The van der Waals surface area contributed by atoms with Crippen LogP contribution in [0.5, 0.6) is 11.5 Å². The summed E-state index contributed by atoms with van der Waals surface area (Å²) in [6.07, 6.45) is 2.21. The molecule has 2 N–H and O–H groups in total. The number of hydrogen-bond donors (Lipinski definition) is 1. The summed E-state index contributed by atoms with van der Waals surface area (Å²) in [5.41, 5.74) is 6.85. The van der Waals surface area contributed by atoms with Crippen molar-refractivity contribution < 1.29 is 19.1 Å². The van der Waals surface area contributed by atoms with Gasteiger partial charge in [-0.1, -0.05) is 33.3 Å². The van der Waals surface area contributed by atoms with Gasteiger partial charge in [0.2, 0.25) is 18.6 Å². The van der Waals surface area contributed by atoms with Crippen LogP contribution >= 0.6 is 0 Å². The summed E-state index contributed by atoms with van der Waals surface area (Å²) >= 11 is 0. The van der Waals surface area contributed by atoms with Crippen LogP contribution < -0.4 is 15.2 Å². The molecule has 2 unspecified atom stereocenters. The Morgan fingerprint density at radius 2 is 1.77 bits per heavy atom. The molecule has 0 bridgehead atoms. The van der Waals surface area contributed by atoms with E-state index in [2.05, 4.69) is 24.8 Å². The number of nitrogens with zero attached hydrogens (tertiary/aromatic N) is 2. The average Bonchev–Trinajstić information content (AvgIpc) is 3.18. The molecule has 2 heterocycles. The highest BCUT2D eigenvalue weighted by Crippen LogP contribution is 2.33. The molecule has 1 aromatic carbocycles. The van der Waals surface area contributed by atoms with Crippen LogP contribution in [0, 0.1) is 17.8 Å². The smallest absolute Gasteiger partial charge is 0.231 e. The van der Waals surface area contributed by atoms with E-state index in [4.69, 9.17) is 15.2 Å². The largest absolute Gasteiger partial charge is 0.454 e. The minimum Gasteiger partial charge on any atom is -0.454 e. The molecule has 2 aliphatic rings. The quantitative estimate of drug-likeness (QED) is 0.668. The van der Waals surface area contributed by atoms with E-state index in [9.17, 15) is 9.59 Å². The number of carbonyl (C=O) groups excluding carboxylic acids is 2. The number of nitrogens with two attached hydrogens (primary N) is 1. The van der Waals surface area contributed by atoms with E-state index in [1.807, 2.05) is 24.0 Å². The maximum absolute atomic E-state index is 13.3. The lowest BCUT2D eigenvalue weighted by Crippen LogP contribution is -2.52. The summed E-state index contributed by atoms with van der Waals surface area (Å²) in [6.45, 7) is 10.3. The van der Waals surface area contributed by atoms with E-state index in [1.165, 1.54) is 5.56 Å². The highest BCUT2D eigenvalue weighted by molar-refractivity contribution is 5.87. The Morgan fingerprint density at radius 3 is 2.40 bits per heavy atom. The van der Waals surface area contributed by atoms with Crippen LogP contribution in [0.2, 0.25) is 0 Å². The molecule has 2 amide bonds. The van der Waals surface area contributed by atoms with Crippen LogP contribution in [-0.4, -0.2) is 54.6 Å². The van der Waals surface area contributed by atoms with Gasteiger partial charge in [0.25, 0.3) is 0 Å². The van der Waals surface area contributed by atoms with Gasteiger partial charge >= 0.3 is 0 Å². The zero-order chi connectivity index (χ0) is 21.7. The van der Waals surface area contributed by atoms with Crippen molar-refractivity contribution in [2.45, 2.75) is 46.6 Å². The van der Waals surface area contributed by atoms with Gasteiger partial charge in [-0.05, 0) is 36.5 Å². The van der Waals surface area contributed by atoms with E-state index < -0.39 is 0 Å². The summed E-state index contributed by atoms with van der Waals surface area (Å²) in [5.74, 6) is 0.970. The Hall–Kier alpha value is -2.28. The van der Waals surface area contributed by atoms with Gasteiger partial charge in [-0.3, -0.25) is 14.5 Å². The molecule has 1 saturated heterocycles. The van der Waals surface area contributed by atoms with Gasteiger partial charge in [-0.15, -0.1) is 0 Å². The monoisotopic (exact) mass is 417 g/mol. The molecule has 1 aromatic rings. The molecule has 0 radical (unpaired) electrons. The van der Waals surface area contributed by atoms with Gasteiger partial charge in [-0.25, -0.2) is 0 Å². The third kappa shape index (κ3) is 5.45. The number of hydrogen-bond acceptors (Lipinski definition) is 5. The number of benzene rings is 1. The fraction of sp³-hybridized carbons (Fsp3) is 0.652. The highest BCUT2D eigenvalue weighted by Gasteiger charge is 2.36. The Labute approximate surface area is 179 Å². The molecule has 0 spiro atoms. The van der Waals surface area contributed by atoms with Gasteiger partial charge in [-0.2, -0.15) is 0 Å². The predicted octanol–water partition coefficient (Wildman–Crippen LogP) is 2.62. The summed E-state index contributed by atoms with van der Waals surface area (Å²) in [6, 6.07) is 6.04. The lowest BCUT2D eigenvalue weighted by atomic mass is 9.81. The molecule has 7 nitrogen and oxygen atoms in total. The van der Waals surface area contributed by atoms with Crippen LogP contribution in [-0.2, 0) is 16.1 Å². The molecule has 7 heteroatoms. The number of piperazine rings is 1. The average molecular weight is 418 g/mol. The van der Waals surface area contributed by atoms with Crippen LogP contribution in [0.1, 0.15) is 45.6 Å². The molecule has 1 fully saturated rings. The van der Waals surface area contributed by atoms with E-state index in [-0.39, 0.29) is 30.4 Å². The lowest BCUT2D eigenvalue weighted by molar-refractivity contribution is -0.143. The fourth-order valence-electron chi connectivity index (χ4n) is 4.46. The first-order chi connectivity index (χ1) is 14.4. The second kappa shape index (κ2) is 10.2. The number of primary amides is 1. The summed E-state index contributed by atoms with van der Waals surface area (Å²) in [5, 5.41) is 0. The van der Waals surface area contributed by atoms with Crippen molar-refractivity contribution >= 4 is 11.8 Å². The molecule has 3 rings (SSSR count). The number of amides is 2. The minimum absolute atomic E-state index is 0.0867. The standard InChI is InChI=1S/C23H35N3O4/c1-4-5-18(22(24)27)19(12-16(2)3)23(28)26-10-8-25(9-11-26)14-17-6-7-20-21(13-17)30-15-29-20/h6-7,13,16,18-19H,4-5,8-12,14-15H2,1-3H3,(H2,24,27). The van der Waals surface area contributed by atoms with Crippen molar-refractivity contribution in [3.8, 4) is 11.5 Å². The summed E-state index contributed by atoms with van der Waals surface area (Å²) in [7, 11) is 0. The predicted molar refractivity (Wildman–Crippen MR) is 115 cm³/mol. The van der Waals surface area contributed by atoms with Crippen molar-refractivity contribution in [2.24, 2.45) is 23.5 Å². The third-order valence-corrected chi connectivity index (χ3v) is 6.02. The molecule has 0 aromatic heterocycles. The van der Waals surface area contributed by atoms with Gasteiger partial charge < -0.3 is 20.1 Å². The van der Waals surface area contributed by atoms with Crippen molar-refractivity contribution in [3.05, 3.63) is 23.8 Å². The fourth-order valence-corrected chi connectivity index (χ4v) is 4.46. The number of ether oxygens (including phenoxy) is 2. The molecule has 30 heavy (non-hydrogen) atoms. The van der Waals surface area contributed by atoms with Crippen LogP contribution in [0.4, 0.5) is 0 Å². The summed E-state index contributed by atoms with van der Waals surface area (Å²) in [4.78, 5) is 29.6. The van der Waals surface area contributed by atoms with Gasteiger partial charge in [0.05, 0.1) is 0 Å². The lowest BCUT2D eigenvalue weighted by Gasteiger charge is -2.38. The van der Waals surface area contributed by atoms with Crippen molar-refractivity contribution in [1.29, 1.82) is 0 Å². The Kier molecular flexibility index (Phi) is 7.58. The topological polar surface area (TPSA) is 85.1 Å². The molecule has 0 saturated carbocycles. The van der Waals surface area contributed by atoms with Crippen LogP contribution in [0.3, 0.4) is 0 Å². The van der Waals surface area contributed by atoms with Crippen molar-refractivity contribution in [2.75, 3.05) is 33.0 Å². The first-order valence-corrected chi connectivity index (χ1v) is 11.1. The van der Waals surface area contributed by atoms with Crippen LogP contribution in [0.15, 0.2) is 18.2 Å². The first-order valence-electron chi connectivity index (χ1n) is 11.1. The normalized spacial score (nSPS) is 18.5. The number of rotatable bonds is 9. The molecule has 2 atom stereocenters. The zero-order valence-corrected chi connectivity index (χ0v) is 18.4. The molecular formula is C23H35N3O4. The SMILES string of the molecule is CCCC(C(N)=O)C(CC(C)C)C(=O)N1CCN(Cc2ccc3c(c2)OCO3)CC1. The second-order valence-corrected chi connectivity index (χ2v) is 8.82. The summed E-state index contributed by atoms with van der Waals surface area (Å²) < 4.78 is 10.8. The van der Waals surface area contributed by atoms with Gasteiger partial charge in [0.15, 0.2) is 11.5 Å². The third-order valence-electron chi connectivity index (χ3n) is 6.02. The highest BCUT2D eigenvalue weighted by atomic mass is 16.7. The van der Waals surface area contributed by atoms with E-state index >= 15 is 0 Å². The number of fused-ring (bicyclic) bond motifs is 1. The van der Waals surface area contributed by atoms with E-state index in [0.29, 0.717) is 31.8 Å². The molecular weight excluding hydrogens is 382 g/mol. The Balaban J connectivity index is 1.59. The van der Waals surface area contributed by atoms with Gasteiger partial charge in [0.1, 0.15) is 0 Å². The first kappa shape index (κ1) is 22.4. The second-order valence-electron chi connectivity index (χ2n) is 8.82. The van der Waals surface area contributed by atoms with Crippen molar-refractivity contribution in [1.82, 2.24) is 9.80 Å². The van der Waals surface area contributed by atoms with E-state index in [0.717, 1.165) is 37.6 Å². The zero-order valence-electron chi connectivity index (χ0n) is 18.4. The molecule has 166 valence electrons.